The van der Waals surface area contributed by atoms with Crippen LogP contribution in [0.4, 0.5) is 0 Å². The Kier molecular flexibility index (Phi) is 4.65. The molecule has 2 aromatic rings. The summed E-state index contributed by atoms with van der Waals surface area (Å²) in [4.78, 5) is 18.8. The van der Waals surface area contributed by atoms with Gasteiger partial charge in [-0.15, -0.1) is 11.3 Å². The van der Waals surface area contributed by atoms with Crippen LogP contribution in [-0.4, -0.2) is 28.9 Å². The lowest BCUT2D eigenvalue weighted by atomic mass is 10.1. The minimum Gasteiger partial charge on any atom is -0.343 e. The predicted octanol–water partition coefficient (Wildman–Crippen LogP) is 3.76. The molecule has 3 rings (SSSR count). The van der Waals surface area contributed by atoms with Crippen LogP contribution in [0, 0.1) is 0 Å². The van der Waals surface area contributed by atoms with E-state index in [1.54, 1.807) is 11.3 Å². The first-order chi connectivity index (χ1) is 10.3. The van der Waals surface area contributed by atoms with Crippen LogP contribution in [0.2, 0.25) is 0 Å². The SMILES string of the molecule is O=C(CCc1csc(-c2ccccc2)n1)N1CCCCC1. The molecule has 1 aliphatic rings. The number of carbonyl (C=O) groups is 1. The third-order valence-electron chi connectivity index (χ3n) is 3.88. The smallest absolute Gasteiger partial charge is 0.222 e. The lowest BCUT2D eigenvalue weighted by molar-refractivity contribution is -0.132. The summed E-state index contributed by atoms with van der Waals surface area (Å²) in [6.07, 6.45) is 4.90. The van der Waals surface area contributed by atoms with Crippen LogP contribution in [0.1, 0.15) is 31.4 Å². The van der Waals surface area contributed by atoms with Crippen molar-refractivity contribution in [2.24, 2.45) is 0 Å². The summed E-state index contributed by atoms with van der Waals surface area (Å²) in [5, 5.41) is 3.11. The van der Waals surface area contributed by atoms with Crippen molar-refractivity contribution in [1.29, 1.82) is 0 Å². The molecule has 0 radical (unpaired) electrons. The summed E-state index contributed by atoms with van der Waals surface area (Å²) < 4.78 is 0. The molecule has 0 atom stereocenters. The van der Waals surface area contributed by atoms with Crippen molar-refractivity contribution in [3.63, 3.8) is 0 Å². The van der Waals surface area contributed by atoms with Gasteiger partial charge in [0.15, 0.2) is 0 Å². The molecule has 4 heteroatoms. The molecule has 1 aliphatic heterocycles. The number of amides is 1. The highest BCUT2D eigenvalue weighted by molar-refractivity contribution is 7.13. The van der Waals surface area contributed by atoms with Gasteiger partial charge >= 0.3 is 0 Å². The Morgan fingerprint density at radius 2 is 1.90 bits per heavy atom. The van der Waals surface area contributed by atoms with Crippen molar-refractivity contribution in [2.45, 2.75) is 32.1 Å². The number of piperidine rings is 1. The molecule has 1 fully saturated rings. The van der Waals surface area contributed by atoms with E-state index in [9.17, 15) is 4.79 Å². The first-order valence-corrected chi connectivity index (χ1v) is 8.48. The Bertz CT molecular complexity index is 588. The maximum atomic E-state index is 12.1. The molecule has 1 aromatic heterocycles. The highest BCUT2D eigenvalue weighted by Gasteiger charge is 2.16. The molecule has 0 aliphatic carbocycles. The van der Waals surface area contributed by atoms with Crippen LogP contribution in [0.25, 0.3) is 10.6 Å². The second-order valence-corrected chi connectivity index (χ2v) is 6.31. The molecule has 110 valence electrons. The molecular weight excluding hydrogens is 280 g/mol. The second-order valence-electron chi connectivity index (χ2n) is 5.45. The number of hydrogen-bond donors (Lipinski definition) is 0. The van der Waals surface area contributed by atoms with E-state index in [1.807, 2.05) is 23.1 Å². The number of aryl methyl sites for hydroxylation is 1. The molecular formula is C17H20N2OS. The minimum absolute atomic E-state index is 0.281. The summed E-state index contributed by atoms with van der Waals surface area (Å²) in [6.45, 7) is 1.87. The maximum absolute atomic E-state index is 12.1. The third kappa shape index (κ3) is 3.70. The van der Waals surface area contributed by atoms with Crippen molar-refractivity contribution in [1.82, 2.24) is 9.88 Å². The first kappa shape index (κ1) is 14.3. The zero-order valence-electron chi connectivity index (χ0n) is 12.1. The van der Waals surface area contributed by atoms with Gasteiger partial charge in [0.05, 0.1) is 5.69 Å². The molecule has 0 bridgehead atoms. The van der Waals surface area contributed by atoms with E-state index >= 15 is 0 Å². The Morgan fingerprint density at radius 1 is 1.14 bits per heavy atom. The van der Waals surface area contributed by atoms with Gasteiger partial charge in [0, 0.05) is 30.5 Å². The van der Waals surface area contributed by atoms with Gasteiger partial charge in [-0.2, -0.15) is 0 Å². The average molecular weight is 300 g/mol. The molecule has 1 amide bonds. The number of carbonyl (C=O) groups excluding carboxylic acids is 1. The summed E-state index contributed by atoms with van der Waals surface area (Å²) >= 11 is 1.65. The maximum Gasteiger partial charge on any atom is 0.222 e. The van der Waals surface area contributed by atoms with Crippen molar-refractivity contribution < 1.29 is 4.79 Å². The van der Waals surface area contributed by atoms with Crippen LogP contribution in [-0.2, 0) is 11.2 Å². The van der Waals surface area contributed by atoms with Crippen molar-refractivity contribution in [3.8, 4) is 10.6 Å². The van der Waals surface area contributed by atoms with Crippen LogP contribution in [0.5, 0.6) is 0 Å². The van der Waals surface area contributed by atoms with Crippen molar-refractivity contribution >= 4 is 17.2 Å². The van der Waals surface area contributed by atoms with E-state index in [2.05, 4.69) is 22.5 Å². The van der Waals surface area contributed by atoms with Crippen molar-refractivity contribution in [2.75, 3.05) is 13.1 Å². The number of likely N-dealkylation sites (tertiary alicyclic amines) is 1. The zero-order chi connectivity index (χ0) is 14.5. The molecule has 0 unspecified atom stereocenters. The highest BCUT2D eigenvalue weighted by atomic mass is 32.1. The molecule has 21 heavy (non-hydrogen) atoms. The van der Waals surface area contributed by atoms with Gasteiger partial charge in [0.2, 0.25) is 5.91 Å². The Balaban J connectivity index is 1.56. The number of aromatic nitrogens is 1. The largest absolute Gasteiger partial charge is 0.343 e. The van der Waals surface area contributed by atoms with Crippen LogP contribution in [0.15, 0.2) is 35.7 Å². The molecule has 0 spiro atoms. The fraction of sp³-hybridized carbons (Fsp3) is 0.412. The third-order valence-corrected chi connectivity index (χ3v) is 4.82. The fourth-order valence-electron chi connectivity index (χ4n) is 2.67. The second kappa shape index (κ2) is 6.85. The van der Waals surface area contributed by atoms with Crippen molar-refractivity contribution in [3.05, 3.63) is 41.4 Å². The lowest BCUT2D eigenvalue weighted by Gasteiger charge is -2.26. The van der Waals surface area contributed by atoms with E-state index in [4.69, 9.17) is 0 Å². The summed E-state index contributed by atoms with van der Waals surface area (Å²) in [6, 6.07) is 10.2. The Labute approximate surface area is 129 Å². The molecule has 0 saturated carbocycles. The fourth-order valence-corrected chi connectivity index (χ4v) is 3.53. The first-order valence-electron chi connectivity index (χ1n) is 7.60. The van der Waals surface area contributed by atoms with Gasteiger partial charge in [-0.05, 0) is 25.7 Å². The van der Waals surface area contributed by atoms with Crippen LogP contribution in [0.3, 0.4) is 0 Å². The van der Waals surface area contributed by atoms with Gasteiger partial charge in [0.25, 0.3) is 0 Å². The van der Waals surface area contributed by atoms with Crippen LogP contribution >= 0.6 is 11.3 Å². The molecule has 0 N–H and O–H groups in total. The Hall–Kier alpha value is -1.68. The highest BCUT2D eigenvalue weighted by Crippen LogP contribution is 2.24. The number of thiazole rings is 1. The molecule has 1 saturated heterocycles. The predicted molar refractivity (Wildman–Crippen MR) is 86.3 cm³/mol. The number of nitrogens with zero attached hydrogens (tertiary/aromatic N) is 2. The molecule has 3 nitrogen and oxygen atoms in total. The van der Waals surface area contributed by atoms with Gasteiger partial charge in [-0.3, -0.25) is 4.79 Å². The monoisotopic (exact) mass is 300 g/mol. The quantitative estimate of drug-likeness (QED) is 0.861. The normalized spacial score (nSPS) is 15.1. The van der Waals surface area contributed by atoms with E-state index in [-0.39, 0.29) is 5.91 Å². The standard InChI is InChI=1S/C17H20N2OS/c20-16(19-11-5-2-6-12-19)10-9-15-13-21-17(18-15)14-7-3-1-4-8-14/h1,3-4,7-8,13H,2,5-6,9-12H2. The van der Waals surface area contributed by atoms with Gasteiger partial charge in [0.1, 0.15) is 5.01 Å². The summed E-state index contributed by atoms with van der Waals surface area (Å²) in [5.41, 5.74) is 2.18. The van der Waals surface area contributed by atoms with E-state index in [0.29, 0.717) is 6.42 Å². The van der Waals surface area contributed by atoms with E-state index in [1.165, 1.54) is 6.42 Å². The molecule has 1 aromatic carbocycles. The lowest BCUT2D eigenvalue weighted by Crippen LogP contribution is -2.35. The van der Waals surface area contributed by atoms with Gasteiger partial charge < -0.3 is 4.90 Å². The summed E-state index contributed by atoms with van der Waals surface area (Å²) in [5.74, 6) is 0.281. The van der Waals surface area contributed by atoms with E-state index < -0.39 is 0 Å². The average Bonchev–Trinajstić information content (AvgIpc) is 3.03. The topological polar surface area (TPSA) is 33.2 Å². The zero-order valence-corrected chi connectivity index (χ0v) is 12.9. The van der Waals surface area contributed by atoms with Crippen LogP contribution < -0.4 is 0 Å². The Morgan fingerprint density at radius 3 is 2.67 bits per heavy atom. The number of benzene rings is 1. The number of hydrogen-bond acceptors (Lipinski definition) is 3. The van der Waals surface area contributed by atoms with Gasteiger partial charge in [-0.25, -0.2) is 4.98 Å². The van der Waals surface area contributed by atoms with Gasteiger partial charge in [-0.1, -0.05) is 30.3 Å². The molecule has 2 heterocycles. The minimum atomic E-state index is 0.281. The summed E-state index contributed by atoms with van der Waals surface area (Å²) in [7, 11) is 0. The number of rotatable bonds is 4. The van der Waals surface area contributed by atoms with E-state index in [0.717, 1.165) is 48.6 Å².